The average Bonchev–Trinajstić information content (AvgIpc) is 2.61. The Morgan fingerprint density at radius 1 is 1.21 bits per heavy atom. The van der Waals surface area contributed by atoms with Crippen molar-refractivity contribution in [1.82, 2.24) is 20.4 Å². The highest BCUT2D eigenvalue weighted by Gasteiger charge is 2.28. The summed E-state index contributed by atoms with van der Waals surface area (Å²) in [5.74, 6) is -0.257. The molecule has 1 amide bonds. The maximum Gasteiger partial charge on any atom is 0.272 e. The Morgan fingerprint density at radius 2 is 1.88 bits per heavy atom. The van der Waals surface area contributed by atoms with Crippen molar-refractivity contribution < 1.29 is 4.79 Å². The van der Waals surface area contributed by atoms with Gasteiger partial charge in [-0.2, -0.15) is 5.10 Å². The third kappa shape index (κ3) is 3.33. The van der Waals surface area contributed by atoms with Crippen LogP contribution in [0.5, 0.6) is 0 Å². The van der Waals surface area contributed by atoms with Crippen LogP contribution in [0.15, 0.2) is 29.1 Å². The van der Waals surface area contributed by atoms with E-state index < -0.39 is 0 Å². The van der Waals surface area contributed by atoms with Gasteiger partial charge in [0.15, 0.2) is 5.69 Å². The summed E-state index contributed by atoms with van der Waals surface area (Å²) in [5, 5.41) is 10.4. The van der Waals surface area contributed by atoms with Crippen molar-refractivity contribution in [2.24, 2.45) is 0 Å². The van der Waals surface area contributed by atoms with Gasteiger partial charge in [-0.3, -0.25) is 14.5 Å². The lowest BCUT2D eigenvalue weighted by Gasteiger charge is -2.41. The van der Waals surface area contributed by atoms with E-state index in [0.717, 1.165) is 13.1 Å². The van der Waals surface area contributed by atoms with Gasteiger partial charge in [0, 0.05) is 17.5 Å². The number of rotatable bonds is 4. The third-order valence-corrected chi connectivity index (χ3v) is 4.80. The van der Waals surface area contributed by atoms with Crippen molar-refractivity contribution in [2.45, 2.75) is 38.6 Å². The summed E-state index contributed by atoms with van der Waals surface area (Å²) < 4.78 is 0. The molecule has 0 saturated carbocycles. The van der Waals surface area contributed by atoms with Crippen molar-refractivity contribution in [3.8, 4) is 0 Å². The van der Waals surface area contributed by atoms with Gasteiger partial charge in [0.2, 0.25) is 0 Å². The van der Waals surface area contributed by atoms with Gasteiger partial charge >= 0.3 is 0 Å². The summed E-state index contributed by atoms with van der Waals surface area (Å²) in [6, 6.07) is 7.03. The van der Waals surface area contributed by atoms with Gasteiger partial charge in [-0.05, 0) is 45.8 Å². The number of hydrogen-bond acceptors (Lipinski definition) is 4. The molecule has 1 fully saturated rings. The second-order valence-corrected chi connectivity index (χ2v) is 6.99. The van der Waals surface area contributed by atoms with Crippen molar-refractivity contribution >= 4 is 16.7 Å². The number of likely N-dealkylation sites (tertiary alicyclic amines) is 1. The summed E-state index contributed by atoms with van der Waals surface area (Å²) in [5.41, 5.74) is -0.121. The topological polar surface area (TPSA) is 78.1 Å². The summed E-state index contributed by atoms with van der Waals surface area (Å²) in [6.45, 7) is 6.99. The first-order valence-electron chi connectivity index (χ1n) is 8.50. The maximum atomic E-state index is 12.6. The molecule has 3 rings (SSSR count). The van der Waals surface area contributed by atoms with E-state index >= 15 is 0 Å². The number of benzene rings is 1. The zero-order valence-corrected chi connectivity index (χ0v) is 14.3. The first kappa shape index (κ1) is 16.6. The molecule has 128 valence electrons. The molecule has 0 bridgehead atoms. The summed E-state index contributed by atoms with van der Waals surface area (Å²) >= 11 is 0. The van der Waals surface area contributed by atoms with Crippen molar-refractivity contribution in [2.75, 3.05) is 19.6 Å². The highest BCUT2D eigenvalue weighted by atomic mass is 16.2. The van der Waals surface area contributed by atoms with Gasteiger partial charge in [0.05, 0.1) is 5.39 Å². The molecule has 6 heteroatoms. The largest absolute Gasteiger partial charge is 0.349 e. The van der Waals surface area contributed by atoms with E-state index in [9.17, 15) is 9.59 Å². The average molecular weight is 328 g/mol. The number of amides is 1. The van der Waals surface area contributed by atoms with Gasteiger partial charge in [0.1, 0.15) is 0 Å². The molecule has 0 spiro atoms. The van der Waals surface area contributed by atoms with Crippen LogP contribution in [0.4, 0.5) is 0 Å². The lowest BCUT2D eigenvalue weighted by atomic mass is 9.98. The number of nitrogens with one attached hydrogen (secondary N) is 2. The molecule has 1 aliphatic rings. The van der Waals surface area contributed by atoms with Crippen molar-refractivity contribution in [3.05, 3.63) is 40.3 Å². The van der Waals surface area contributed by atoms with Crippen LogP contribution in [0.2, 0.25) is 0 Å². The number of carbonyl (C=O) groups excluding carboxylic acids is 1. The summed E-state index contributed by atoms with van der Waals surface area (Å²) in [4.78, 5) is 26.8. The van der Waals surface area contributed by atoms with Crippen molar-refractivity contribution in [3.63, 3.8) is 0 Å². The zero-order chi connectivity index (χ0) is 17.2. The first-order valence-corrected chi connectivity index (χ1v) is 8.50. The molecule has 0 atom stereocenters. The van der Waals surface area contributed by atoms with E-state index in [1.165, 1.54) is 19.3 Å². The number of H-pyrrole nitrogens is 1. The minimum Gasteiger partial charge on any atom is -0.349 e. The van der Waals surface area contributed by atoms with Gasteiger partial charge in [-0.25, -0.2) is 5.10 Å². The Labute approximate surface area is 141 Å². The molecule has 6 nitrogen and oxygen atoms in total. The third-order valence-electron chi connectivity index (χ3n) is 4.80. The van der Waals surface area contributed by atoms with Crippen LogP contribution in [0.3, 0.4) is 0 Å². The molecule has 0 unspecified atom stereocenters. The van der Waals surface area contributed by atoms with Crippen LogP contribution in [0.25, 0.3) is 10.8 Å². The predicted octanol–water partition coefficient (Wildman–Crippen LogP) is 1.92. The number of aromatic nitrogens is 2. The highest BCUT2D eigenvalue weighted by molar-refractivity contribution is 6.04. The lowest BCUT2D eigenvalue weighted by molar-refractivity contribution is 0.0795. The maximum absolute atomic E-state index is 12.6. The fourth-order valence-corrected chi connectivity index (χ4v) is 3.28. The van der Waals surface area contributed by atoms with Crippen LogP contribution in [-0.4, -0.2) is 46.2 Å². The molecular formula is C18H24N4O2. The lowest BCUT2D eigenvalue weighted by Crippen LogP contribution is -2.53. The van der Waals surface area contributed by atoms with E-state index in [1.54, 1.807) is 24.3 Å². The number of piperidine rings is 1. The molecule has 0 aliphatic carbocycles. The zero-order valence-electron chi connectivity index (χ0n) is 14.3. The second-order valence-electron chi connectivity index (χ2n) is 6.99. The minimum absolute atomic E-state index is 0.103. The van der Waals surface area contributed by atoms with E-state index in [0.29, 0.717) is 17.3 Å². The molecule has 1 aromatic heterocycles. The quantitative estimate of drug-likeness (QED) is 0.899. The molecule has 1 aliphatic heterocycles. The fraction of sp³-hybridized carbons (Fsp3) is 0.500. The molecule has 1 saturated heterocycles. The summed E-state index contributed by atoms with van der Waals surface area (Å²) in [6.07, 6.45) is 3.71. The van der Waals surface area contributed by atoms with Gasteiger partial charge in [-0.1, -0.05) is 24.6 Å². The smallest absolute Gasteiger partial charge is 0.272 e. The second kappa shape index (κ2) is 6.73. The molecule has 0 radical (unpaired) electrons. The Kier molecular flexibility index (Phi) is 4.66. The molecule has 2 aromatic rings. The van der Waals surface area contributed by atoms with Gasteiger partial charge < -0.3 is 5.32 Å². The van der Waals surface area contributed by atoms with E-state index in [4.69, 9.17) is 0 Å². The standard InChI is InChI=1S/C18H24N4O2/c1-18(2,22-10-6-3-7-11-22)12-19-17(24)15-13-8-4-5-9-14(13)16(23)21-20-15/h4-5,8-9H,3,6-7,10-12H2,1-2H3,(H,19,24)(H,21,23). The van der Waals surface area contributed by atoms with Crippen LogP contribution in [0, 0.1) is 0 Å². The van der Waals surface area contributed by atoms with E-state index in [2.05, 4.69) is 34.3 Å². The SMILES string of the molecule is CC(C)(CNC(=O)c1n[nH]c(=O)c2ccccc12)N1CCCCC1. The molecule has 1 aromatic carbocycles. The normalized spacial score (nSPS) is 16.2. The predicted molar refractivity (Wildman–Crippen MR) is 94.2 cm³/mol. The first-order chi connectivity index (χ1) is 11.5. The molecule has 2 N–H and O–H groups in total. The molecular weight excluding hydrogens is 304 g/mol. The number of hydrogen-bond donors (Lipinski definition) is 2. The van der Waals surface area contributed by atoms with Crippen LogP contribution in [0.1, 0.15) is 43.6 Å². The minimum atomic E-state index is -0.282. The van der Waals surface area contributed by atoms with Gasteiger partial charge in [0.25, 0.3) is 11.5 Å². The number of carbonyl (C=O) groups is 1. The van der Waals surface area contributed by atoms with E-state index in [1.807, 2.05) is 0 Å². The van der Waals surface area contributed by atoms with E-state index in [-0.39, 0.29) is 22.7 Å². The van der Waals surface area contributed by atoms with Gasteiger partial charge in [-0.15, -0.1) is 0 Å². The number of aromatic amines is 1. The molecule has 24 heavy (non-hydrogen) atoms. The Morgan fingerprint density at radius 3 is 2.58 bits per heavy atom. The van der Waals surface area contributed by atoms with Crippen LogP contribution >= 0.6 is 0 Å². The Bertz CT molecular complexity index is 791. The van der Waals surface area contributed by atoms with Crippen LogP contribution in [-0.2, 0) is 0 Å². The fourth-order valence-electron chi connectivity index (χ4n) is 3.28. The number of fused-ring (bicyclic) bond motifs is 1. The Balaban J connectivity index is 1.76. The summed E-state index contributed by atoms with van der Waals surface area (Å²) in [7, 11) is 0. The van der Waals surface area contributed by atoms with Crippen molar-refractivity contribution in [1.29, 1.82) is 0 Å². The monoisotopic (exact) mass is 328 g/mol. The van der Waals surface area contributed by atoms with Crippen LogP contribution < -0.4 is 10.9 Å². The highest BCUT2D eigenvalue weighted by Crippen LogP contribution is 2.20. The Hall–Kier alpha value is -2.21. The molecule has 2 heterocycles. The number of nitrogens with zero attached hydrogens (tertiary/aromatic N) is 2.